The second-order valence-electron chi connectivity index (χ2n) is 4.96. The minimum atomic E-state index is -0.385. The van der Waals surface area contributed by atoms with Crippen molar-refractivity contribution in [2.45, 2.75) is 25.4 Å². The normalized spacial score (nSPS) is 45.9. The SMILES string of the molecule is C=CC(=O)OC1C2CC3CC(C2)C1C3=O. The highest BCUT2D eigenvalue weighted by molar-refractivity contribution is 5.89. The Bertz CT molecular complexity index is 347. The summed E-state index contributed by atoms with van der Waals surface area (Å²) in [6, 6.07) is 0. The molecule has 4 fully saturated rings. The first-order valence-corrected chi connectivity index (χ1v) is 5.57. The monoisotopic (exact) mass is 206 g/mol. The van der Waals surface area contributed by atoms with Crippen LogP contribution in [0, 0.1) is 23.7 Å². The van der Waals surface area contributed by atoms with Crippen molar-refractivity contribution in [2.75, 3.05) is 0 Å². The molecule has 0 aromatic heterocycles. The number of carbonyl (C=O) groups excluding carboxylic acids is 2. The van der Waals surface area contributed by atoms with E-state index in [2.05, 4.69) is 6.58 Å². The Morgan fingerprint density at radius 2 is 2.07 bits per heavy atom. The standard InChI is InChI=1S/C12H14O3/c1-2-9(13)15-12-8-4-6-3-7(5-8)11(14)10(6)12/h2,6-8,10,12H,1,3-5H2. The molecule has 0 radical (unpaired) electrons. The molecule has 0 spiro atoms. The van der Waals surface area contributed by atoms with E-state index in [1.807, 2.05) is 0 Å². The second kappa shape index (κ2) is 2.94. The molecule has 15 heavy (non-hydrogen) atoms. The van der Waals surface area contributed by atoms with E-state index >= 15 is 0 Å². The van der Waals surface area contributed by atoms with Crippen molar-refractivity contribution in [3.63, 3.8) is 0 Å². The highest BCUT2D eigenvalue weighted by atomic mass is 16.5. The molecule has 5 unspecified atom stereocenters. The van der Waals surface area contributed by atoms with E-state index in [1.54, 1.807) is 0 Å². The minimum Gasteiger partial charge on any atom is -0.458 e. The van der Waals surface area contributed by atoms with Gasteiger partial charge in [-0.1, -0.05) is 6.58 Å². The highest BCUT2D eigenvalue weighted by Crippen LogP contribution is 2.57. The van der Waals surface area contributed by atoms with Gasteiger partial charge in [0.1, 0.15) is 11.9 Å². The van der Waals surface area contributed by atoms with Crippen LogP contribution in [-0.2, 0) is 14.3 Å². The van der Waals surface area contributed by atoms with Crippen LogP contribution in [0.4, 0.5) is 0 Å². The van der Waals surface area contributed by atoms with Gasteiger partial charge in [-0.15, -0.1) is 0 Å². The molecule has 0 aliphatic heterocycles. The second-order valence-corrected chi connectivity index (χ2v) is 4.96. The molecule has 0 saturated heterocycles. The predicted octanol–water partition coefficient (Wildman–Crippen LogP) is 1.33. The quantitative estimate of drug-likeness (QED) is 0.505. The van der Waals surface area contributed by atoms with Crippen LogP contribution >= 0.6 is 0 Å². The maximum atomic E-state index is 11.9. The summed E-state index contributed by atoms with van der Waals surface area (Å²) < 4.78 is 5.32. The molecule has 80 valence electrons. The first-order valence-electron chi connectivity index (χ1n) is 5.57. The first-order chi connectivity index (χ1) is 7.20. The van der Waals surface area contributed by atoms with Gasteiger partial charge in [0.2, 0.25) is 0 Å². The van der Waals surface area contributed by atoms with E-state index in [1.165, 1.54) is 6.08 Å². The lowest BCUT2D eigenvalue weighted by atomic mass is 9.80. The largest absolute Gasteiger partial charge is 0.458 e. The van der Waals surface area contributed by atoms with Crippen molar-refractivity contribution in [1.29, 1.82) is 0 Å². The van der Waals surface area contributed by atoms with Crippen LogP contribution in [0.15, 0.2) is 12.7 Å². The van der Waals surface area contributed by atoms with Crippen molar-refractivity contribution in [3.8, 4) is 0 Å². The molecule has 0 amide bonds. The lowest BCUT2D eigenvalue weighted by Crippen LogP contribution is -2.38. The van der Waals surface area contributed by atoms with Crippen LogP contribution in [-0.4, -0.2) is 17.9 Å². The molecular weight excluding hydrogens is 192 g/mol. The summed E-state index contributed by atoms with van der Waals surface area (Å²) >= 11 is 0. The summed E-state index contributed by atoms with van der Waals surface area (Å²) in [5.74, 6) is 1.17. The van der Waals surface area contributed by atoms with Gasteiger partial charge < -0.3 is 4.74 Å². The number of rotatable bonds is 2. The molecule has 4 aliphatic carbocycles. The van der Waals surface area contributed by atoms with E-state index in [-0.39, 0.29) is 23.9 Å². The van der Waals surface area contributed by atoms with Crippen LogP contribution in [0.2, 0.25) is 0 Å². The molecule has 4 aliphatic rings. The van der Waals surface area contributed by atoms with E-state index in [9.17, 15) is 9.59 Å². The third kappa shape index (κ3) is 1.12. The first kappa shape index (κ1) is 9.13. The highest BCUT2D eigenvalue weighted by Gasteiger charge is 2.60. The van der Waals surface area contributed by atoms with Gasteiger partial charge in [-0.3, -0.25) is 4.79 Å². The molecule has 3 nitrogen and oxygen atoms in total. The minimum absolute atomic E-state index is 0.0117. The van der Waals surface area contributed by atoms with Crippen molar-refractivity contribution in [1.82, 2.24) is 0 Å². The smallest absolute Gasteiger partial charge is 0.330 e. The molecule has 4 rings (SSSR count). The molecule has 0 aromatic rings. The van der Waals surface area contributed by atoms with E-state index in [0.29, 0.717) is 17.6 Å². The number of Topliss-reactive ketones (excluding diaryl/α,β-unsaturated/α-hetero) is 1. The predicted molar refractivity (Wildman–Crippen MR) is 52.9 cm³/mol. The van der Waals surface area contributed by atoms with Gasteiger partial charge in [0.05, 0.1) is 5.92 Å². The van der Waals surface area contributed by atoms with Crippen molar-refractivity contribution < 1.29 is 14.3 Å². The average Bonchev–Trinajstić information content (AvgIpc) is 2.60. The summed E-state index contributed by atoms with van der Waals surface area (Å²) in [4.78, 5) is 23.1. The van der Waals surface area contributed by atoms with Crippen LogP contribution in [0.5, 0.6) is 0 Å². The summed E-state index contributed by atoms with van der Waals surface area (Å²) in [6.07, 6.45) is 4.07. The molecular formula is C12H14O3. The van der Waals surface area contributed by atoms with Crippen LogP contribution < -0.4 is 0 Å². The van der Waals surface area contributed by atoms with Gasteiger partial charge in [0.15, 0.2) is 0 Å². The zero-order valence-electron chi connectivity index (χ0n) is 8.52. The van der Waals surface area contributed by atoms with Crippen molar-refractivity contribution >= 4 is 11.8 Å². The molecule has 0 heterocycles. The third-order valence-electron chi connectivity index (χ3n) is 4.26. The molecule has 5 atom stereocenters. The van der Waals surface area contributed by atoms with Gasteiger partial charge in [-0.2, -0.15) is 0 Å². The molecule has 4 saturated carbocycles. The summed E-state index contributed by atoms with van der Waals surface area (Å²) in [5, 5.41) is 0. The Hall–Kier alpha value is -1.12. The van der Waals surface area contributed by atoms with Gasteiger partial charge in [-0.05, 0) is 31.1 Å². The van der Waals surface area contributed by atoms with Crippen LogP contribution in [0.25, 0.3) is 0 Å². The molecule has 0 N–H and O–H groups in total. The van der Waals surface area contributed by atoms with Gasteiger partial charge in [0, 0.05) is 12.0 Å². The fraction of sp³-hybridized carbons (Fsp3) is 0.667. The van der Waals surface area contributed by atoms with Crippen LogP contribution in [0.3, 0.4) is 0 Å². The maximum Gasteiger partial charge on any atom is 0.330 e. The van der Waals surface area contributed by atoms with Gasteiger partial charge in [-0.25, -0.2) is 4.79 Å². The summed E-state index contributed by atoms with van der Waals surface area (Å²) in [7, 11) is 0. The Kier molecular flexibility index (Phi) is 1.79. The Morgan fingerprint density at radius 1 is 1.33 bits per heavy atom. The average molecular weight is 206 g/mol. The van der Waals surface area contributed by atoms with Crippen LogP contribution in [0.1, 0.15) is 19.3 Å². The number of hydrogen-bond acceptors (Lipinski definition) is 3. The molecule has 0 aromatic carbocycles. The summed E-state index contributed by atoms with van der Waals surface area (Å²) in [6.45, 7) is 3.39. The lowest BCUT2D eigenvalue weighted by Gasteiger charge is -2.30. The van der Waals surface area contributed by atoms with Crippen molar-refractivity contribution in [2.24, 2.45) is 23.7 Å². The van der Waals surface area contributed by atoms with Gasteiger partial charge >= 0.3 is 5.97 Å². The van der Waals surface area contributed by atoms with Crippen molar-refractivity contribution in [3.05, 3.63) is 12.7 Å². The van der Waals surface area contributed by atoms with E-state index < -0.39 is 0 Å². The topological polar surface area (TPSA) is 43.4 Å². The van der Waals surface area contributed by atoms with Gasteiger partial charge in [0.25, 0.3) is 0 Å². The van der Waals surface area contributed by atoms with E-state index in [0.717, 1.165) is 19.3 Å². The molecule has 3 heteroatoms. The zero-order chi connectivity index (χ0) is 10.6. The lowest BCUT2D eigenvalue weighted by molar-refractivity contribution is -0.152. The molecule has 4 bridgehead atoms. The number of hydrogen-bond donors (Lipinski definition) is 0. The maximum absolute atomic E-state index is 11.9. The Labute approximate surface area is 88.5 Å². The third-order valence-corrected chi connectivity index (χ3v) is 4.26. The zero-order valence-corrected chi connectivity index (χ0v) is 8.52. The Balaban J connectivity index is 1.83. The Morgan fingerprint density at radius 3 is 2.80 bits per heavy atom. The number of esters is 1. The number of ether oxygens (including phenoxy) is 1. The van der Waals surface area contributed by atoms with E-state index in [4.69, 9.17) is 4.74 Å². The summed E-state index contributed by atoms with van der Waals surface area (Å²) in [5.41, 5.74) is 0. The fourth-order valence-electron chi connectivity index (χ4n) is 3.78. The fourth-order valence-corrected chi connectivity index (χ4v) is 3.78. The number of ketones is 1. The number of carbonyl (C=O) groups is 2.